The van der Waals surface area contributed by atoms with Gasteiger partial charge in [0.05, 0.1) is 0 Å². The Morgan fingerprint density at radius 2 is 1.25 bits per heavy atom. The third-order valence-corrected chi connectivity index (χ3v) is 3.99. The lowest BCUT2D eigenvalue weighted by molar-refractivity contribution is 0.916. The fourth-order valence-electron chi connectivity index (χ4n) is 1.75. The third kappa shape index (κ3) is 5.76. The Bertz CT molecular complexity index is 799. The van der Waals surface area contributed by atoms with Gasteiger partial charge in [-0.1, -0.05) is 106 Å². The second-order valence-electron chi connectivity index (χ2n) is 4.52. The van der Waals surface area contributed by atoms with Gasteiger partial charge in [0, 0.05) is 5.56 Å². The maximum Gasteiger partial charge on any atom is 0.250 e. The summed E-state index contributed by atoms with van der Waals surface area (Å²) in [6.07, 6.45) is 2.54. The van der Waals surface area contributed by atoms with Crippen molar-refractivity contribution in [3.8, 4) is 0 Å². The van der Waals surface area contributed by atoms with Crippen LogP contribution in [0, 0.1) is 0 Å². The van der Waals surface area contributed by atoms with E-state index in [9.17, 15) is 0 Å². The number of nitrogens with zero attached hydrogens (tertiary/aromatic N) is 3. The number of rotatable bonds is 0. The first kappa shape index (κ1) is 19.8. The molecular formula is C15H9Cl6N3. The van der Waals surface area contributed by atoms with Gasteiger partial charge in [0.15, 0.2) is 5.82 Å². The van der Waals surface area contributed by atoms with Crippen molar-refractivity contribution in [3.05, 3.63) is 66.5 Å². The van der Waals surface area contributed by atoms with Gasteiger partial charge in [-0.2, -0.15) is 0 Å². The molecule has 0 aliphatic rings. The highest BCUT2D eigenvalue weighted by atomic mass is 35.6. The first-order chi connectivity index (χ1) is 11.2. The molecule has 0 atom stereocenters. The molecule has 0 unspecified atom stereocenters. The molecular weight excluding hydrogens is 435 g/mol. The largest absolute Gasteiger partial charge is 0.250 e. The molecule has 24 heavy (non-hydrogen) atoms. The Morgan fingerprint density at radius 1 is 0.667 bits per heavy atom. The summed E-state index contributed by atoms with van der Waals surface area (Å²) < 4.78 is -2.90. The van der Waals surface area contributed by atoms with Crippen LogP contribution in [-0.2, 0) is 7.59 Å². The molecule has 0 spiro atoms. The van der Waals surface area contributed by atoms with Crippen LogP contribution < -0.4 is 0 Å². The minimum absolute atomic E-state index is 0.132. The van der Waals surface area contributed by atoms with Crippen LogP contribution in [-0.4, -0.2) is 15.0 Å². The molecule has 126 valence electrons. The minimum atomic E-state index is -1.55. The van der Waals surface area contributed by atoms with Gasteiger partial charge >= 0.3 is 0 Å². The summed E-state index contributed by atoms with van der Waals surface area (Å²) in [5, 5.41) is 2.22. The van der Waals surface area contributed by atoms with E-state index in [1.54, 1.807) is 0 Å². The molecule has 3 rings (SSSR count). The van der Waals surface area contributed by atoms with Gasteiger partial charge in [0.2, 0.25) is 7.59 Å². The van der Waals surface area contributed by atoms with Gasteiger partial charge in [0.1, 0.15) is 12.7 Å². The zero-order valence-corrected chi connectivity index (χ0v) is 16.3. The molecule has 0 aliphatic heterocycles. The average Bonchev–Trinajstić information content (AvgIpc) is 2.54. The van der Waals surface area contributed by atoms with Crippen LogP contribution in [0.15, 0.2) is 55.1 Å². The van der Waals surface area contributed by atoms with Crippen LogP contribution in [0.4, 0.5) is 0 Å². The molecule has 2 aromatic carbocycles. The molecule has 0 saturated carbocycles. The number of aromatic nitrogens is 3. The number of fused-ring (bicyclic) bond motifs is 1. The summed E-state index contributed by atoms with van der Waals surface area (Å²) in [7, 11) is 0. The van der Waals surface area contributed by atoms with E-state index in [-0.39, 0.29) is 5.82 Å². The summed E-state index contributed by atoms with van der Waals surface area (Å²) in [6, 6.07) is 13.6. The highest BCUT2D eigenvalue weighted by Gasteiger charge is 2.25. The molecule has 9 heteroatoms. The van der Waals surface area contributed by atoms with Crippen molar-refractivity contribution >= 4 is 80.4 Å². The van der Waals surface area contributed by atoms with Gasteiger partial charge < -0.3 is 0 Å². The third-order valence-electron chi connectivity index (χ3n) is 2.82. The molecule has 1 aromatic heterocycles. The lowest BCUT2D eigenvalue weighted by Gasteiger charge is -2.11. The molecule has 0 saturated heterocycles. The molecule has 0 amide bonds. The Balaban J connectivity index is 0.000000185. The van der Waals surface area contributed by atoms with E-state index in [2.05, 4.69) is 15.0 Å². The fraction of sp³-hybridized carbons (Fsp3) is 0.133. The Labute approximate surface area is 168 Å². The predicted octanol–water partition coefficient (Wildman–Crippen LogP) is 6.36. The van der Waals surface area contributed by atoms with Gasteiger partial charge in [0.25, 0.3) is 0 Å². The maximum absolute atomic E-state index is 5.79. The standard InChI is InChI=1S/C11H7Cl3.C4H2Cl3N3/c12-11(13,14)10-6-5-8-3-1-2-4-9(8)7-10;5-4(6,7)3-9-1-8-2-10-3/h1-7H;1-2H. The SMILES string of the molecule is ClC(Cl)(Cl)c1ccc2ccccc2c1.ClC(Cl)(Cl)c1ncncn1. The van der Waals surface area contributed by atoms with E-state index in [1.807, 2.05) is 42.5 Å². The molecule has 1 heterocycles. The summed E-state index contributed by atoms with van der Waals surface area (Å²) in [6.45, 7) is 0. The summed E-state index contributed by atoms with van der Waals surface area (Å²) in [4.78, 5) is 10.8. The second kappa shape index (κ2) is 8.22. The van der Waals surface area contributed by atoms with Crippen LogP contribution >= 0.6 is 69.6 Å². The highest BCUT2D eigenvalue weighted by molar-refractivity contribution is 6.67. The lowest BCUT2D eigenvalue weighted by Crippen LogP contribution is -2.06. The number of hydrogen-bond donors (Lipinski definition) is 0. The minimum Gasteiger partial charge on any atom is -0.225 e. The Morgan fingerprint density at radius 3 is 1.75 bits per heavy atom. The van der Waals surface area contributed by atoms with Crippen LogP contribution in [0.25, 0.3) is 10.8 Å². The monoisotopic (exact) mass is 441 g/mol. The van der Waals surface area contributed by atoms with Crippen molar-refractivity contribution in [2.24, 2.45) is 0 Å². The topological polar surface area (TPSA) is 38.7 Å². The zero-order chi connectivity index (χ0) is 17.8. The van der Waals surface area contributed by atoms with E-state index in [0.29, 0.717) is 5.56 Å². The van der Waals surface area contributed by atoms with Gasteiger partial charge in [-0.3, -0.25) is 0 Å². The normalized spacial score (nSPS) is 11.8. The molecule has 0 radical (unpaired) electrons. The van der Waals surface area contributed by atoms with Gasteiger partial charge in [-0.05, 0) is 16.8 Å². The fourth-order valence-corrected chi connectivity index (χ4v) is 2.40. The molecule has 0 bridgehead atoms. The number of hydrogen-bond acceptors (Lipinski definition) is 3. The quantitative estimate of drug-likeness (QED) is 0.379. The second-order valence-corrected chi connectivity index (χ2v) is 9.08. The van der Waals surface area contributed by atoms with Gasteiger partial charge in [-0.15, -0.1) is 0 Å². The Hall–Kier alpha value is -0.550. The molecule has 3 aromatic rings. The van der Waals surface area contributed by atoms with Crippen molar-refractivity contribution in [1.82, 2.24) is 15.0 Å². The smallest absolute Gasteiger partial charge is 0.225 e. The highest BCUT2D eigenvalue weighted by Crippen LogP contribution is 2.39. The number of halogens is 6. The average molecular weight is 444 g/mol. The van der Waals surface area contributed by atoms with E-state index in [4.69, 9.17) is 69.6 Å². The summed E-state index contributed by atoms with van der Waals surface area (Å²) >= 11 is 33.7. The van der Waals surface area contributed by atoms with Gasteiger partial charge in [-0.25, -0.2) is 15.0 Å². The van der Waals surface area contributed by atoms with Crippen LogP contribution in [0.1, 0.15) is 11.4 Å². The van der Waals surface area contributed by atoms with Crippen molar-refractivity contribution in [1.29, 1.82) is 0 Å². The summed E-state index contributed by atoms with van der Waals surface area (Å²) in [5.41, 5.74) is 0.696. The van der Waals surface area contributed by atoms with E-state index in [1.165, 1.54) is 12.7 Å². The number of benzene rings is 2. The predicted molar refractivity (Wildman–Crippen MR) is 102 cm³/mol. The van der Waals surface area contributed by atoms with Crippen molar-refractivity contribution in [2.45, 2.75) is 7.59 Å². The van der Waals surface area contributed by atoms with Crippen molar-refractivity contribution in [3.63, 3.8) is 0 Å². The Kier molecular flexibility index (Phi) is 6.77. The lowest BCUT2D eigenvalue weighted by atomic mass is 10.1. The number of alkyl halides is 6. The molecule has 0 aliphatic carbocycles. The van der Waals surface area contributed by atoms with Crippen LogP contribution in [0.2, 0.25) is 0 Å². The van der Waals surface area contributed by atoms with Crippen LogP contribution in [0.5, 0.6) is 0 Å². The maximum atomic E-state index is 5.79. The van der Waals surface area contributed by atoms with E-state index < -0.39 is 7.59 Å². The van der Waals surface area contributed by atoms with Crippen molar-refractivity contribution < 1.29 is 0 Å². The first-order valence-electron chi connectivity index (χ1n) is 6.43. The molecule has 0 N–H and O–H groups in total. The zero-order valence-electron chi connectivity index (χ0n) is 11.8. The van der Waals surface area contributed by atoms with E-state index >= 15 is 0 Å². The van der Waals surface area contributed by atoms with Crippen LogP contribution in [0.3, 0.4) is 0 Å². The van der Waals surface area contributed by atoms with Crippen molar-refractivity contribution in [2.75, 3.05) is 0 Å². The molecule has 0 fully saturated rings. The first-order valence-corrected chi connectivity index (χ1v) is 8.70. The molecule has 3 nitrogen and oxygen atoms in total. The van der Waals surface area contributed by atoms with E-state index in [0.717, 1.165) is 10.8 Å². The summed E-state index contributed by atoms with van der Waals surface area (Å²) in [5.74, 6) is 0.132.